The van der Waals surface area contributed by atoms with Gasteiger partial charge in [0.05, 0.1) is 11.1 Å². The fourth-order valence-corrected chi connectivity index (χ4v) is 5.13. The molecule has 1 atom stereocenters. The van der Waals surface area contributed by atoms with Gasteiger partial charge in [0.1, 0.15) is 0 Å². The molecule has 1 heterocycles. The van der Waals surface area contributed by atoms with Gasteiger partial charge in [0.2, 0.25) is 0 Å². The van der Waals surface area contributed by atoms with Gasteiger partial charge < -0.3 is 0 Å². The maximum atomic E-state index is 12.9. The smallest absolute Gasteiger partial charge is 0.259 e. The lowest BCUT2D eigenvalue weighted by Gasteiger charge is -2.25. The van der Waals surface area contributed by atoms with E-state index in [4.69, 9.17) is 0 Å². The molecule has 0 saturated heterocycles. The third-order valence-electron chi connectivity index (χ3n) is 6.96. The number of amides is 2. The van der Waals surface area contributed by atoms with Gasteiger partial charge in [0, 0.05) is 25.6 Å². The highest BCUT2D eigenvalue weighted by Crippen LogP contribution is 2.34. The lowest BCUT2D eigenvalue weighted by Crippen LogP contribution is -2.26. The Balaban J connectivity index is 1.47. The highest BCUT2D eigenvalue weighted by Gasteiger charge is 2.33. The Labute approximate surface area is 212 Å². The average molecular weight is 475 g/mol. The maximum Gasteiger partial charge on any atom is 0.259 e. The minimum Gasteiger partial charge on any atom is -0.295 e. The quantitative estimate of drug-likeness (QED) is 0.304. The monoisotopic (exact) mass is 474 g/mol. The van der Waals surface area contributed by atoms with Gasteiger partial charge in [-0.3, -0.25) is 19.8 Å². The number of nitrogens with one attached hydrogen (secondary N) is 1. The third-order valence-corrected chi connectivity index (χ3v) is 6.96. The topological polar surface area (TPSA) is 49.4 Å². The molecule has 36 heavy (non-hydrogen) atoms. The van der Waals surface area contributed by atoms with Crippen molar-refractivity contribution in [3.63, 3.8) is 0 Å². The minimum atomic E-state index is -0.308. The van der Waals surface area contributed by atoms with Crippen LogP contribution in [0.1, 0.15) is 61.4 Å². The molecule has 4 aromatic rings. The van der Waals surface area contributed by atoms with Gasteiger partial charge in [-0.1, -0.05) is 104 Å². The molecule has 4 nitrogen and oxygen atoms in total. The number of carbonyl (C=O) groups excluding carboxylic acids is 2. The van der Waals surface area contributed by atoms with E-state index < -0.39 is 0 Å². The molecular formula is C32H30N2O2. The first-order valence-corrected chi connectivity index (χ1v) is 12.5. The second-order valence-corrected chi connectivity index (χ2v) is 9.41. The van der Waals surface area contributed by atoms with E-state index in [0.29, 0.717) is 11.1 Å². The van der Waals surface area contributed by atoms with E-state index >= 15 is 0 Å². The molecule has 0 bridgehead atoms. The van der Waals surface area contributed by atoms with Gasteiger partial charge in [-0.2, -0.15) is 0 Å². The molecule has 180 valence electrons. The molecule has 0 aromatic heterocycles. The summed E-state index contributed by atoms with van der Waals surface area (Å²) in [6.45, 7) is 4.62. The van der Waals surface area contributed by atoms with E-state index in [-0.39, 0.29) is 17.7 Å². The lowest BCUT2D eigenvalue weighted by molar-refractivity contribution is 0.0879. The van der Waals surface area contributed by atoms with Crippen LogP contribution in [0.25, 0.3) is 0 Å². The number of nitrogens with zero attached hydrogens (tertiary/aromatic N) is 1. The SMILES string of the molecule is CC(c1ccccc1)c1c(CCN(Cc2ccccc2)Cc2ccccc2)ccc2c1C(=O)NC2=O. The van der Waals surface area contributed by atoms with Crippen molar-refractivity contribution in [3.8, 4) is 0 Å². The molecule has 1 unspecified atom stereocenters. The van der Waals surface area contributed by atoms with E-state index in [1.807, 2.05) is 42.5 Å². The highest BCUT2D eigenvalue weighted by atomic mass is 16.2. The van der Waals surface area contributed by atoms with Crippen LogP contribution in [0.4, 0.5) is 0 Å². The largest absolute Gasteiger partial charge is 0.295 e. The second-order valence-electron chi connectivity index (χ2n) is 9.41. The van der Waals surface area contributed by atoms with Crippen LogP contribution in [0.15, 0.2) is 103 Å². The first kappa shape index (κ1) is 23.7. The number of hydrogen-bond donors (Lipinski definition) is 1. The first-order chi connectivity index (χ1) is 17.6. The van der Waals surface area contributed by atoms with Gasteiger partial charge in [-0.05, 0) is 40.3 Å². The fourth-order valence-electron chi connectivity index (χ4n) is 5.13. The Morgan fingerprint density at radius 1 is 0.694 bits per heavy atom. The van der Waals surface area contributed by atoms with Crippen molar-refractivity contribution < 1.29 is 9.59 Å². The van der Waals surface area contributed by atoms with Gasteiger partial charge in [0.15, 0.2) is 0 Å². The summed E-state index contributed by atoms with van der Waals surface area (Å²) in [6, 6.07) is 35.1. The summed E-state index contributed by atoms with van der Waals surface area (Å²) in [5.41, 5.74) is 6.75. The summed E-state index contributed by atoms with van der Waals surface area (Å²) >= 11 is 0. The zero-order valence-corrected chi connectivity index (χ0v) is 20.5. The van der Waals surface area contributed by atoms with Crippen LogP contribution >= 0.6 is 0 Å². The highest BCUT2D eigenvalue weighted by molar-refractivity contribution is 6.22. The molecule has 0 aliphatic carbocycles. The van der Waals surface area contributed by atoms with Crippen molar-refractivity contribution in [2.24, 2.45) is 0 Å². The number of carbonyl (C=O) groups is 2. The summed E-state index contributed by atoms with van der Waals surface area (Å²) in [6.07, 6.45) is 0.779. The minimum absolute atomic E-state index is 0.00973. The van der Waals surface area contributed by atoms with Crippen LogP contribution in [-0.2, 0) is 19.5 Å². The molecule has 0 saturated carbocycles. The number of imide groups is 1. The molecule has 0 spiro atoms. The standard InChI is InChI=1S/C32H30N2O2/c1-23(26-15-9-4-10-16-26)29-27(17-18-28-30(29)32(36)33-31(28)35)19-20-34(21-24-11-5-2-6-12-24)22-25-13-7-3-8-14-25/h2-18,23H,19-22H2,1H3,(H,33,35,36). The first-order valence-electron chi connectivity index (χ1n) is 12.5. The van der Waals surface area contributed by atoms with Gasteiger partial charge in [-0.15, -0.1) is 0 Å². The van der Waals surface area contributed by atoms with Crippen LogP contribution in [0.2, 0.25) is 0 Å². The lowest BCUT2D eigenvalue weighted by atomic mass is 9.83. The molecule has 1 N–H and O–H groups in total. The molecule has 4 aromatic carbocycles. The van der Waals surface area contributed by atoms with Crippen molar-refractivity contribution in [3.05, 3.63) is 142 Å². The molecular weight excluding hydrogens is 444 g/mol. The molecule has 2 amide bonds. The molecule has 5 rings (SSSR count). The predicted octanol–water partition coefficient (Wildman–Crippen LogP) is 5.97. The molecule has 0 radical (unpaired) electrons. The Bertz CT molecular complexity index is 1310. The van der Waals surface area contributed by atoms with Crippen LogP contribution in [0, 0.1) is 0 Å². The van der Waals surface area contributed by atoms with E-state index in [9.17, 15) is 9.59 Å². The van der Waals surface area contributed by atoms with Crippen molar-refractivity contribution in [2.45, 2.75) is 32.4 Å². The molecule has 0 fully saturated rings. The van der Waals surface area contributed by atoms with Crippen molar-refractivity contribution >= 4 is 11.8 Å². The summed E-state index contributed by atoms with van der Waals surface area (Å²) in [4.78, 5) is 27.7. The Morgan fingerprint density at radius 3 is 1.83 bits per heavy atom. The normalized spacial score (nSPS) is 13.5. The van der Waals surface area contributed by atoms with E-state index in [1.54, 1.807) is 0 Å². The summed E-state index contributed by atoms with van der Waals surface area (Å²) < 4.78 is 0. The van der Waals surface area contributed by atoms with E-state index in [1.165, 1.54) is 11.1 Å². The Morgan fingerprint density at radius 2 is 1.25 bits per heavy atom. The summed E-state index contributed by atoms with van der Waals surface area (Å²) in [5.74, 6) is -0.609. The van der Waals surface area contributed by atoms with Crippen molar-refractivity contribution in [1.82, 2.24) is 10.2 Å². The van der Waals surface area contributed by atoms with Crippen LogP contribution < -0.4 is 5.32 Å². The van der Waals surface area contributed by atoms with Crippen LogP contribution in [0.5, 0.6) is 0 Å². The van der Waals surface area contributed by atoms with Crippen molar-refractivity contribution in [1.29, 1.82) is 0 Å². The number of rotatable bonds is 9. The van der Waals surface area contributed by atoms with Crippen LogP contribution in [-0.4, -0.2) is 23.3 Å². The summed E-state index contributed by atoms with van der Waals surface area (Å²) in [7, 11) is 0. The van der Waals surface area contributed by atoms with Gasteiger partial charge >= 0.3 is 0 Å². The zero-order chi connectivity index (χ0) is 24.9. The van der Waals surface area contributed by atoms with Gasteiger partial charge in [-0.25, -0.2) is 0 Å². The average Bonchev–Trinajstić information content (AvgIpc) is 3.21. The molecule has 1 aliphatic rings. The second kappa shape index (κ2) is 10.7. The Hall–Kier alpha value is -4.02. The van der Waals surface area contributed by atoms with Gasteiger partial charge in [0.25, 0.3) is 11.8 Å². The number of fused-ring (bicyclic) bond motifs is 1. The Kier molecular flexibility index (Phi) is 7.06. The molecule has 1 aliphatic heterocycles. The fraction of sp³-hybridized carbons (Fsp3) is 0.188. The van der Waals surface area contributed by atoms with Crippen molar-refractivity contribution in [2.75, 3.05) is 6.54 Å². The third kappa shape index (κ3) is 5.14. The summed E-state index contributed by atoms with van der Waals surface area (Å²) in [5, 5.41) is 2.50. The predicted molar refractivity (Wildman–Crippen MR) is 143 cm³/mol. The van der Waals surface area contributed by atoms with Crippen LogP contribution in [0.3, 0.4) is 0 Å². The van der Waals surface area contributed by atoms with E-state index in [0.717, 1.165) is 42.7 Å². The number of hydrogen-bond acceptors (Lipinski definition) is 3. The maximum absolute atomic E-state index is 12.9. The van der Waals surface area contributed by atoms with E-state index in [2.05, 4.69) is 77.8 Å². The molecule has 4 heteroatoms. The number of benzene rings is 4. The zero-order valence-electron chi connectivity index (χ0n) is 20.5.